The first-order chi connectivity index (χ1) is 14.2. The number of aliphatic imine (C=N–C) groups is 1. The smallest absolute Gasteiger partial charge is 0.401 e. The number of hydrogen-bond donors (Lipinski definition) is 2. The number of benzene rings is 1. The molecule has 0 aliphatic carbocycles. The van der Waals surface area contributed by atoms with Crippen molar-refractivity contribution in [1.29, 1.82) is 0 Å². The quantitative estimate of drug-likeness (QED) is 0.221. The molecule has 0 saturated carbocycles. The average Bonchev–Trinajstić information content (AvgIpc) is 2.67. The maximum atomic E-state index is 13.8. The van der Waals surface area contributed by atoms with Crippen LogP contribution in [0.15, 0.2) is 23.2 Å². The van der Waals surface area contributed by atoms with Crippen LogP contribution in [0.5, 0.6) is 5.75 Å². The molecule has 1 fully saturated rings. The molecule has 1 aromatic carbocycles. The van der Waals surface area contributed by atoms with E-state index in [2.05, 4.69) is 20.5 Å². The molecule has 1 aliphatic rings. The van der Waals surface area contributed by atoms with Crippen LogP contribution in [0.1, 0.15) is 18.4 Å². The highest BCUT2D eigenvalue weighted by Gasteiger charge is 2.29. The lowest BCUT2D eigenvalue weighted by molar-refractivity contribution is -0.142. The Labute approximate surface area is 198 Å². The van der Waals surface area contributed by atoms with Gasteiger partial charge in [-0.3, -0.25) is 14.8 Å². The molecule has 1 saturated heterocycles. The number of ether oxygens (including phenoxy) is 1. The molecule has 6 nitrogen and oxygen atoms in total. The number of hydrogen-bond acceptors (Lipinski definition) is 4. The van der Waals surface area contributed by atoms with Gasteiger partial charge in [-0.05, 0) is 37.6 Å². The van der Waals surface area contributed by atoms with E-state index in [1.54, 1.807) is 13.1 Å². The standard InChI is InChI=1S/C20H31F4N5O.HI/c1-25-19(26-8-11-28(2)14-20(22,23)24)27-16-6-9-29(10-7-16)13-15-4-5-18(30-3)17(21)12-15;/h4-5,12,16H,6-11,13-14H2,1-3H3,(H2,25,26,27);1H. The Hall–Kier alpha value is -1.34. The number of likely N-dealkylation sites (N-methyl/N-ethyl adjacent to an activating group) is 1. The Balaban J connectivity index is 0.00000480. The Kier molecular flexibility index (Phi) is 11.8. The summed E-state index contributed by atoms with van der Waals surface area (Å²) in [6.07, 6.45) is -2.40. The Morgan fingerprint density at radius 3 is 2.52 bits per heavy atom. The third-order valence-corrected chi connectivity index (χ3v) is 5.01. The van der Waals surface area contributed by atoms with Crippen molar-refractivity contribution in [2.24, 2.45) is 4.99 Å². The molecular weight excluding hydrogens is 529 g/mol. The summed E-state index contributed by atoms with van der Waals surface area (Å²) in [6.45, 7) is 2.09. The normalized spacial score (nSPS) is 16.2. The predicted octanol–water partition coefficient (Wildman–Crippen LogP) is 3.08. The number of piperidine rings is 1. The van der Waals surface area contributed by atoms with Crippen molar-refractivity contribution in [3.63, 3.8) is 0 Å². The first kappa shape index (κ1) is 27.7. The topological polar surface area (TPSA) is 52.1 Å². The van der Waals surface area contributed by atoms with Crippen molar-refractivity contribution < 1.29 is 22.3 Å². The Morgan fingerprint density at radius 2 is 1.97 bits per heavy atom. The molecule has 0 spiro atoms. The number of guanidine groups is 1. The first-order valence-corrected chi connectivity index (χ1v) is 9.97. The van der Waals surface area contributed by atoms with Gasteiger partial charge in [0.1, 0.15) is 0 Å². The van der Waals surface area contributed by atoms with Gasteiger partial charge in [-0.15, -0.1) is 24.0 Å². The van der Waals surface area contributed by atoms with Crippen molar-refractivity contribution in [3.05, 3.63) is 29.6 Å². The number of halogens is 5. The van der Waals surface area contributed by atoms with E-state index in [9.17, 15) is 17.6 Å². The Morgan fingerprint density at radius 1 is 1.29 bits per heavy atom. The molecule has 1 aliphatic heterocycles. The minimum Gasteiger partial charge on any atom is -0.494 e. The molecule has 0 atom stereocenters. The van der Waals surface area contributed by atoms with Gasteiger partial charge >= 0.3 is 6.18 Å². The molecule has 0 amide bonds. The largest absolute Gasteiger partial charge is 0.494 e. The fourth-order valence-corrected chi connectivity index (χ4v) is 3.44. The number of alkyl halides is 3. The van der Waals surface area contributed by atoms with Gasteiger partial charge in [-0.2, -0.15) is 13.2 Å². The van der Waals surface area contributed by atoms with Gasteiger partial charge in [0.25, 0.3) is 0 Å². The summed E-state index contributed by atoms with van der Waals surface area (Å²) in [4.78, 5) is 7.64. The molecule has 0 aromatic heterocycles. The summed E-state index contributed by atoms with van der Waals surface area (Å²) in [6, 6.07) is 5.24. The molecule has 178 valence electrons. The summed E-state index contributed by atoms with van der Waals surface area (Å²) < 4.78 is 55.9. The van der Waals surface area contributed by atoms with E-state index in [1.807, 2.05) is 6.07 Å². The van der Waals surface area contributed by atoms with Crippen LogP contribution in [0.3, 0.4) is 0 Å². The second-order valence-electron chi connectivity index (χ2n) is 7.52. The first-order valence-electron chi connectivity index (χ1n) is 9.97. The van der Waals surface area contributed by atoms with Crippen LogP contribution in [0.25, 0.3) is 0 Å². The molecule has 0 bridgehead atoms. The Bertz CT molecular complexity index is 697. The maximum Gasteiger partial charge on any atom is 0.401 e. The zero-order valence-corrected chi connectivity index (χ0v) is 20.5. The second-order valence-corrected chi connectivity index (χ2v) is 7.52. The van der Waals surface area contributed by atoms with Crippen LogP contribution in [0.2, 0.25) is 0 Å². The summed E-state index contributed by atoms with van der Waals surface area (Å²) in [7, 11) is 4.53. The van der Waals surface area contributed by atoms with Gasteiger partial charge in [0, 0.05) is 45.8 Å². The van der Waals surface area contributed by atoms with E-state index in [0.29, 0.717) is 19.0 Å². The average molecular weight is 561 g/mol. The van der Waals surface area contributed by atoms with Crippen molar-refractivity contribution in [2.45, 2.75) is 31.6 Å². The van der Waals surface area contributed by atoms with Crippen molar-refractivity contribution in [1.82, 2.24) is 20.4 Å². The summed E-state index contributed by atoms with van der Waals surface area (Å²) in [5.74, 6) is 0.471. The molecule has 31 heavy (non-hydrogen) atoms. The number of likely N-dealkylation sites (tertiary alicyclic amines) is 1. The SMILES string of the molecule is CN=C(NCCN(C)CC(F)(F)F)NC1CCN(Cc2ccc(OC)c(F)c2)CC1.I. The fourth-order valence-electron chi connectivity index (χ4n) is 3.44. The van der Waals surface area contributed by atoms with Gasteiger partial charge in [0.15, 0.2) is 17.5 Å². The zero-order valence-electron chi connectivity index (χ0n) is 18.1. The third-order valence-electron chi connectivity index (χ3n) is 5.01. The molecule has 1 heterocycles. The van der Waals surface area contributed by atoms with Gasteiger partial charge in [0.2, 0.25) is 0 Å². The lowest BCUT2D eigenvalue weighted by Gasteiger charge is -2.33. The van der Waals surface area contributed by atoms with Crippen LogP contribution >= 0.6 is 24.0 Å². The highest BCUT2D eigenvalue weighted by atomic mass is 127. The van der Waals surface area contributed by atoms with Crippen LogP contribution in [0, 0.1) is 5.82 Å². The molecule has 11 heteroatoms. The van der Waals surface area contributed by atoms with Crippen molar-refractivity contribution in [2.75, 3.05) is 53.9 Å². The van der Waals surface area contributed by atoms with E-state index < -0.39 is 12.7 Å². The monoisotopic (exact) mass is 561 g/mol. The van der Waals surface area contributed by atoms with Gasteiger partial charge in [-0.25, -0.2) is 4.39 Å². The lowest BCUT2D eigenvalue weighted by atomic mass is 10.0. The highest BCUT2D eigenvalue weighted by molar-refractivity contribution is 14.0. The third kappa shape index (κ3) is 10.2. The molecular formula is C20H32F4IN5O. The van der Waals surface area contributed by atoms with Crippen LogP contribution in [-0.4, -0.2) is 81.9 Å². The lowest BCUT2D eigenvalue weighted by Crippen LogP contribution is -2.49. The molecule has 2 N–H and O–H groups in total. The van der Waals surface area contributed by atoms with E-state index in [1.165, 1.54) is 25.1 Å². The van der Waals surface area contributed by atoms with Crippen molar-refractivity contribution in [3.8, 4) is 5.75 Å². The van der Waals surface area contributed by atoms with Crippen LogP contribution in [0.4, 0.5) is 17.6 Å². The summed E-state index contributed by atoms with van der Waals surface area (Å²) in [5, 5.41) is 6.40. The predicted molar refractivity (Wildman–Crippen MR) is 125 cm³/mol. The van der Waals surface area contributed by atoms with Gasteiger partial charge in [-0.1, -0.05) is 6.07 Å². The van der Waals surface area contributed by atoms with E-state index in [-0.39, 0.29) is 48.1 Å². The van der Waals surface area contributed by atoms with E-state index in [0.717, 1.165) is 31.5 Å². The van der Waals surface area contributed by atoms with E-state index in [4.69, 9.17) is 4.74 Å². The molecule has 0 unspecified atom stereocenters. The number of methoxy groups -OCH3 is 1. The fraction of sp³-hybridized carbons (Fsp3) is 0.650. The zero-order chi connectivity index (χ0) is 22.1. The minimum atomic E-state index is -4.19. The highest BCUT2D eigenvalue weighted by Crippen LogP contribution is 2.20. The summed E-state index contributed by atoms with van der Waals surface area (Å²) >= 11 is 0. The second kappa shape index (κ2) is 13.3. The molecule has 2 rings (SSSR count). The van der Waals surface area contributed by atoms with Crippen LogP contribution in [-0.2, 0) is 6.54 Å². The molecule has 0 radical (unpaired) electrons. The molecule has 1 aromatic rings. The van der Waals surface area contributed by atoms with Crippen molar-refractivity contribution >= 4 is 29.9 Å². The van der Waals surface area contributed by atoms with E-state index >= 15 is 0 Å². The maximum absolute atomic E-state index is 13.8. The summed E-state index contributed by atoms with van der Waals surface area (Å²) in [5.41, 5.74) is 0.903. The van der Waals surface area contributed by atoms with Crippen LogP contribution < -0.4 is 15.4 Å². The van der Waals surface area contributed by atoms with Gasteiger partial charge in [0.05, 0.1) is 13.7 Å². The number of nitrogens with zero attached hydrogens (tertiary/aromatic N) is 3. The number of rotatable bonds is 8. The van der Waals surface area contributed by atoms with Gasteiger partial charge < -0.3 is 15.4 Å². The minimum absolute atomic E-state index is 0. The number of nitrogens with one attached hydrogen (secondary N) is 2.